The van der Waals surface area contributed by atoms with Gasteiger partial charge in [0.05, 0.1) is 29.9 Å². The molecule has 0 saturated carbocycles. The molecular weight excluding hydrogens is 474 g/mol. The molecule has 37 heavy (non-hydrogen) atoms. The number of aromatic amines is 2. The molecule has 3 aromatic rings. The van der Waals surface area contributed by atoms with E-state index in [2.05, 4.69) is 37.5 Å². The lowest BCUT2D eigenvalue weighted by atomic mass is 9.96. The summed E-state index contributed by atoms with van der Waals surface area (Å²) in [5.41, 5.74) is 3.56. The van der Waals surface area contributed by atoms with E-state index in [1.54, 1.807) is 11.1 Å². The summed E-state index contributed by atoms with van der Waals surface area (Å²) in [6, 6.07) is 6.23. The zero-order valence-electron chi connectivity index (χ0n) is 21.7. The fourth-order valence-electron chi connectivity index (χ4n) is 4.73. The highest BCUT2D eigenvalue weighted by Gasteiger charge is 2.30. The second-order valence-electron chi connectivity index (χ2n) is 10.7. The molecule has 0 unspecified atom stereocenters. The number of ether oxygens (including phenoxy) is 2. The number of nitrogens with one attached hydrogen (secondary N) is 3. The van der Waals surface area contributed by atoms with E-state index in [4.69, 9.17) is 14.5 Å². The Hall–Kier alpha value is -3.44. The van der Waals surface area contributed by atoms with Crippen LogP contribution in [0.5, 0.6) is 0 Å². The van der Waals surface area contributed by atoms with Crippen LogP contribution < -0.4 is 5.32 Å². The predicted octanol–water partition coefficient (Wildman–Crippen LogP) is 3.37. The maximum Gasteiger partial charge on any atom is 0.410 e. The van der Waals surface area contributed by atoms with Gasteiger partial charge < -0.3 is 24.7 Å². The number of fused-ring (bicyclic) bond motifs is 1. The third kappa shape index (κ3) is 6.11. The van der Waals surface area contributed by atoms with Gasteiger partial charge >= 0.3 is 6.09 Å². The number of imidazole rings is 1. The summed E-state index contributed by atoms with van der Waals surface area (Å²) in [7, 11) is 0. The molecule has 2 fully saturated rings. The third-order valence-electron chi connectivity index (χ3n) is 6.70. The van der Waals surface area contributed by atoms with Crippen molar-refractivity contribution in [3.8, 4) is 11.5 Å². The SMILES string of the molecule is CC(C)(C)OC(=O)N1CCC(C(=O)Nc2c[nH]nc2-c2nc3cc(CN4CCOCC4)ccc3[nH]2)CC1. The maximum atomic E-state index is 13.0. The zero-order valence-corrected chi connectivity index (χ0v) is 21.7. The molecule has 1 aromatic carbocycles. The van der Waals surface area contributed by atoms with Crippen LogP contribution in [0.4, 0.5) is 10.5 Å². The summed E-state index contributed by atoms with van der Waals surface area (Å²) in [5, 5.41) is 10.2. The first-order chi connectivity index (χ1) is 17.7. The normalized spacial score (nSPS) is 17.8. The number of nitrogens with zero attached hydrogens (tertiary/aromatic N) is 4. The minimum atomic E-state index is -0.538. The lowest BCUT2D eigenvalue weighted by molar-refractivity contribution is -0.121. The highest BCUT2D eigenvalue weighted by molar-refractivity contribution is 5.96. The van der Waals surface area contributed by atoms with Crippen molar-refractivity contribution in [1.29, 1.82) is 0 Å². The number of amides is 2. The van der Waals surface area contributed by atoms with Gasteiger partial charge in [0.1, 0.15) is 5.60 Å². The lowest BCUT2D eigenvalue weighted by Crippen LogP contribution is -2.43. The van der Waals surface area contributed by atoms with Crippen molar-refractivity contribution < 1.29 is 19.1 Å². The summed E-state index contributed by atoms with van der Waals surface area (Å²) in [5.74, 6) is 0.310. The Morgan fingerprint density at radius 3 is 2.65 bits per heavy atom. The van der Waals surface area contributed by atoms with Crippen LogP contribution in [-0.4, -0.2) is 87.0 Å². The Kier molecular flexibility index (Phi) is 7.16. The molecule has 11 nitrogen and oxygen atoms in total. The Balaban J connectivity index is 1.22. The van der Waals surface area contributed by atoms with E-state index in [1.807, 2.05) is 26.8 Å². The van der Waals surface area contributed by atoms with Crippen molar-refractivity contribution in [3.63, 3.8) is 0 Å². The summed E-state index contributed by atoms with van der Waals surface area (Å²) in [6.45, 7) is 10.8. The predicted molar refractivity (Wildman–Crippen MR) is 139 cm³/mol. The van der Waals surface area contributed by atoms with Crippen LogP contribution in [-0.2, 0) is 20.8 Å². The minimum Gasteiger partial charge on any atom is -0.444 e. The molecule has 0 spiro atoms. The molecule has 2 amide bonds. The van der Waals surface area contributed by atoms with Crippen molar-refractivity contribution >= 4 is 28.7 Å². The first kappa shape index (κ1) is 25.2. The fraction of sp³-hybridized carbons (Fsp3) is 0.538. The molecule has 0 atom stereocenters. The number of morpholine rings is 1. The van der Waals surface area contributed by atoms with Gasteiger partial charge in [-0.25, -0.2) is 9.78 Å². The topological polar surface area (TPSA) is 128 Å². The van der Waals surface area contributed by atoms with Crippen LogP contribution in [0.15, 0.2) is 24.4 Å². The standard InChI is InChI=1S/C26H35N7O4/c1-26(2,3)37-25(35)33-8-6-18(7-9-33)24(34)30-21-15-27-31-22(21)23-28-19-5-4-17(14-20(19)29-23)16-32-10-12-36-13-11-32/h4-5,14-15,18H,6-13,16H2,1-3H3,(H,27,31)(H,28,29)(H,30,34). The lowest BCUT2D eigenvalue weighted by Gasteiger charge is -2.32. The second-order valence-corrected chi connectivity index (χ2v) is 10.7. The molecule has 4 heterocycles. The van der Waals surface area contributed by atoms with Crippen LogP contribution in [0.2, 0.25) is 0 Å². The molecule has 0 radical (unpaired) electrons. The first-order valence-electron chi connectivity index (χ1n) is 12.9. The van der Waals surface area contributed by atoms with Gasteiger partial charge in [-0.3, -0.25) is 14.8 Å². The van der Waals surface area contributed by atoms with Gasteiger partial charge in [-0.05, 0) is 51.3 Å². The number of rotatable bonds is 5. The number of hydrogen-bond acceptors (Lipinski definition) is 7. The van der Waals surface area contributed by atoms with Crippen molar-refractivity contribution in [2.24, 2.45) is 5.92 Å². The van der Waals surface area contributed by atoms with Gasteiger partial charge in [0.2, 0.25) is 5.91 Å². The van der Waals surface area contributed by atoms with Gasteiger partial charge in [-0.15, -0.1) is 0 Å². The molecule has 0 bridgehead atoms. The molecule has 11 heteroatoms. The summed E-state index contributed by atoms with van der Waals surface area (Å²) in [6.07, 6.45) is 2.49. The Morgan fingerprint density at radius 2 is 1.92 bits per heavy atom. The molecule has 2 aliphatic heterocycles. The molecule has 2 aromatic heterocycles. The molecule has 5 rings (SSSR count). The van der Waals surface area contributed by atoms with E-state index in [1.165, 1.54) is 5.56 Å². The van der Waals surface area contributed by atoms with Crippen molar-refractivity contribution in [2.45, 2.75) is 45.8 Å². The maximum absolute atomic E-state index is 13.0. The number of H-pyrrole nitrogens is 2. The highest BCUT2D eigenvalue weighted by Crippen LogP contribution is 2.28. The van der Waals surface area contributed by atoms with Crippen LogP contribution in [0.25, 0.3) is 22.6 Å². The number of piperidine rings is 1. The summed E-state index contributed by atoms with van der Waals surface area (Å²) >= 11 is 0. The van der Waals surface area contributed by atoms with E-state index in [0.29, 0.717) is 43.1 Å². The number of aromatic nitrogens is 4. The second kappa shape index (κ2) is 10.5. The monoisotopic (exact) mass is 509 g/mol. The average Bonchev–Trinajstić information content (AvgIpc) is 3.50. The number of likely N-dealkylation sites (tertiary alicyclic amines) is 1. The molecule has 2 aliphatic rings. The Labute approximate surface area is 215 Å². The van der Waals surface area contributed by atoms with Gasteiger partial charge in [0.15, 0.2) is 11.5 Å². The molecule has 198 valence electrons. The van der Waals surface area contributed by atoms with Gasteiger partial charge in [0, 0.05) is 44.8 Å². The van der Waals surface area contributed by atoms with Gasteiger partial charge in [-0.2, -0.15) is 5.10 Å². The Bertz CT molecular complexity index is 1250. The van der Waals surface area contributed by atoms with Crippen molar-refractivity contribution in [3.05, 3.63) is 30.0 Å². The largest absolute Gasteiger partial charge is 0.444 e. The molecular formula is C26H35N7O4. The number of benzene rings is 1. The van der Waals surface area contributed by atoms with Crippen LogP contribution >= 0.6 is 0 Å². The quantitative estimate of drug-likeness (QED) is 0.481. The Morgan fingerprint density at radius 1 is 1.16 bits per heavy atom. The number of carbonyl (C=O) groups is 2. The van der Waals surface area contributed by atoms with Gasteiger partial charge in [0.25, 0.3) is 0 Å². The smallest absolute Gasteiger partial charge is 0.410 e. The highest BCUT2D eigenvalue weighted by atomic mass is 16.6. The third-order valence-corrected chi connectivity index (χ3v) is 6.70. The first-order valence-corrected chi connectivity index (χ1v) is 12.9. The number of anilines is 1. The van der Waals surface area contributed by atoms with E-state index in [-0.39, 0.29) is 17.9 Å². The molecule has 0 aliphatic carbocycles. The van der Waals surface area contributed by atoms with Crippen LogP contribution in [0.3, 0.4) is 0 Å². The van der Waals surface area contributed by atoms with Crippen molar-refractivity contribution in [2.75, 3.05) is 44.7 Å². The summed E-state index contributed by atoms with van der Waals surface area (Å²) < 4.78 is 10.9. The van der Waals surface area contributed by atoms with E-state index in [9.17, 15) is 9.59 Å². The minimum absolute atomic E-state index is 0.0876. The summed E-state index contributed by atoms with van der Waals surface area (Å²) in [4.78, 5) is 37.5. The molecule has 2 saturated heterocycles. The van der Waals surface area contributed by atoms with E-state index in [0.717, 1.165) is 43.9 Å². The van der Waals surface area contributed by atoms with E-state index >= 15 is 0 Å². The number of carbonyl (C=O) groups excluding carboxylic acids is 2. The fourth-order valence-corrected chi connectivity index (χ4v) is 4.73. The van der Waals surface area contributed by atoms with Gasteiger partial charge in [-0.1, -0.05) is 6.07 Å². The van der Waals surface area contributed by atoms with Crippen LogP contribution in [0.1, 0.15) is 39.2 Å². The number of hydrogen-bond donors (Lipinski definition) is 3. The average molecular weight is 510 g/mol. The molecule has 3 N–H and O–H groups in total. The zero-order chi connectivity index (χ0) is 26.0. The van der Waals surface area contributed by atoms with Crippen LogP contribution in [0, 0.1) is 5.92 Å². The van der Waals surface area contributed by atoms with Crippen molar-refractivity contribution in [1.82, 2.24) is 30.0 Å². The van der Waals surface area contributed by atoms with E-state index < -0.39 is 5.60 Å².